The van der Waals surface area contributed by atoms with Crippen LogP contribution < -0.4 is 0 Å². The standard InChI is InChI=1S/C28H28N4O5S3/c1-18-11-19(2)15-30(14-18)40(36,37)23-10-6-7-20(12-23)26-21(16-32(29-26)22-8-4-3-5-9-22)13-24-27(35)31(17-25(33)34)28(38)39-24/h3-10,12-13,16,18-19H,11,14-15,17H2,1-2H3,(H,33,34)/b24-13-. The first-order chi connectivity index (χ1) is 19.0. The average Bonchev–Trinajstić information content (AvgIpc) is 3.45. The number of benzene rings is 2. The molecule has 0 radical (unpaired) electrons. The van der Waals surface area contributed by atoms with Crippen LogP contribution in [0.15, 0.2) is 70.6 Å². The fraction of sp³-hybridized carbons (Fsp3) is 0.286. The van der Waals surface area contributed by atoms with Crippen molar-refractivity contribution in [2.45, 2.75) is 25.2 Å². The number of aliphatic carboxylic acids is 1. The number of thioether (sulfide) groups is 1. The van der Waals surface area contributed by atoms with E-state index < -0.39 is 28.4 Å². The van der Waals surface area contributed by atoms with E-state index in [4.69, 9.17) is 17.3 Å². The minimum atomic E-state index is -3.73. The van der Waals surface area contributed by atoms with Crippen LogP contribution in [0.5, 0.6) is 0 Å². The second-order valence-corrected chi connectivity index (χ2v) is 13.8. The highest BCUT2D eigenvalue weighted by Crippen LogP contribution is 2.35. The summed E-state index contributed by atoms with van der Waals surface area (Å²) in [5.41, 5.74) is 2.39. The molecule has 2 unspecified atom stereocenters. The second-order valence-electron chi connectivity index (χ2n) is 10.2. The van der Waals surface area contributed by atoms with Crippen LogP contribution in [-0.4, -0.2) is 68.3 Å². The number of thiocarbonyl (C=S) groups is 1. The number of carbonyl (C=O) groups is 2. The van der Waals surface area contributed by atoms with Crippen LogP contribution in [0.2, 0.25) is 0 Å². The van der Waals surface area contributed by atoms with Gasteiger partial charge in [0.05, 0.1) is 15.5 Å². The maximum atomic E-state index is 13.6. The molecule has 9 nitrogen and oxygen atoms in total. The molecule has 0 saturated carbocycles. The number of nitrogens with zero attached hydrogens (tertiary/aromatic N) is 4. The Morgan fingerprint density at radius 3 is 2.50 bits per heavy atom. The number of carbonyl (C=O) groups excluding carboxylic acids is 1. The lowest BCUT2D eigenvalue weighted by Gasteiger charge is -2.34. The number of hydrogen-bond donors (Lipinski definition) is 1. The van der Waals surface area contributed by atoms with E-state index in [9.17, 15) is 23.1 Å². The quantitative estimate of drug-likeness (QED) is 0.314. The Hall–Kier alpha value is -3.32. The number of carboxylic acids is 1. The summed E-state index contributed by atoms with van der Waals surface area (Å²) < 4.78 is 30.6. The molecule has 2 saturated heterocycles. The molecule has 2 aromatic carbocycles. The van der Waals surface area contributed by atoms with Crippen molar-refractivity contribution in [2.75, 3.05) is 19.6 Å². The van der Waals surface area contributed by atoms with E-state index in [1.807, 2.05) is 30.3 Å². The normalized spacial score (nSPS) is 21.4. The highest BCUT2D eigenvalue weighted by atomic mass is 32.2. The lowest BCUT2D eigenvalue weighted by molar-refractivity contribution is -0.140. The van der Waals surface area contributed by atoms with Crippen molar-refractivity contribution in [2.24, 2.45) is 11.8 Å². The average molecular weight is 597 g/mol. The Morgan fingerprint density at radius 1 is 1.12 bits per heavy atom. The highest BCUT2D eigenvalue weighted by molar-refractivity contribution is 8.26. The van der Waals surface area contributed by atoms with Gasteiger partial charge < -0.3 is 5.11 Å². The third-order valence-corrected chi connectivity index (χ3v) is 10.0. The van der Waals surface area contributed by atoms with Crippen molar-refractivity contribution in [1.82, 2.24) is 19.0 Å². The van der Waals surface area contributed by atoms with Crippen molar-refractivity contribution in [3.63, 3.8) is 0 Å². The lowest BCUT2D eigenvalue weighted by atomic mass is 9.94. The monoisotopic (exact) mass is 596 g/mol. The topological polar surface area (TPSA) is 113 Å². The molecule has 5 rings (SSSR count). The van der Waals surface area contributed by atoms with Gasteiger partial charge in [0.1, 0.15) is 16.6 Å². The lowest BCUT2D eigenvalue weighted by Crippen LogP contribution is -2.42. The third kappa shape index (κ3) is 5.75. The molecule has 1 aromatic heterocycles. The number of para-hydroxylation sites is 1. The van der Waals surface area contributed by atoms with Gasteiger partial charge in [0.25, 0.3) is 5.91 Å². The Balaban J connectivity index is 1.57. The third-order valence-electron chi connectivity index (χ3n) is 6.80. The van der Waals surface area contributed by atoms with Crippen LogP contribution in [0, 0.1) is 11.8 Å². The van der Waals surface area contributed by atoms with Crippen LogP contribution in [0.25, 0.3) is 23.0 Å². The molecule has 3 heterocycles. The summed E-state index contributed by atoms with van der Waals surface area (Å²) in [4.78, 5) is 25.7. The van der Waals surface area contributed by atoms with Gasteiger partial charge in [-0.25, -0.2) is 13.1 Å². The van der Waals surface area contributed by atoms with Crippen LogP contribution in [0.3, 0.4) is 0 Å². The molecule has 2 fully saturated rings. The minimum Gasteiger partial charge on any atom is -0.480 e. The number of sulfonamides is 1. The van der Waals surface area contributed by atoms with Crippen LogP contribution in [-0.2, 0) is 19.6 Å². The van der Waals surface area contributed by atoms with Crippen LogP contribution in [0.1, 0.15) is 25.8 Å². The zero-order valence-electron chi connectivity index (χ0n) is 21.9. The summed E-state index contributed by atoms with van der Waals surface area (Å²) in [6, 6.07) is 16.1. The van der Waals surface area contributed by atoms with Gasteiger partial charge in [-0.3, -0.25) is 14.5 Å². The predicted molar refractivity (Wildman–Crippen MR) is 158 cm³/mol. The molecule has 2 aliphatic heterocycles. The van der Waals surface area contributed by atoms with E-state index in [2.05, 4.69) is 13.8 Å². The Labute approximate surface area is 242 Å². The van der Waals surface area contributed by atoms with Crippen molar-refractivity contribution in [3.8, 4) is 16.9 Å². The molecular formula is C28H28N4O5S3. The van der Waals surface area contributed by atoms with E-state index in [1.54, 1.807) is 45.5 Å². The summed E-state index contributed by atoms with van der Waals surface area (Å²) in [5.74, 6) is -1.12. The van der Waals surface area contributed by atoms with Gasteiger partial charge in [0, 0.05) is 30.4 Å². The number of amides is 1. The Morgan fingerprint density at radius 2 is 1.82 bits per heavy atom. The van der Waals surface area contributed by atoms with Gasteiger partial charge in [-0.15, -0.1) is 0 Å². The molecule has 208 valence electrons. The first kappa shape index (κ1) is 28.2. The molecule has 0 spiro atoms. The van der Waals surface area contributed by atoms with Gasteiger partial charge in [-0.05, 0) is 48.6 Å². The first-order valence-electron chi connectivity index (χ1n) is 12.8. The molecule has 2 atom stereocenters. The molecule has 0 bridgehead atoms. The van der Waals surface area contributed by atoms with Gasteiger partial charge in [-0.1, -0.05) is 68.2 Å². The molecule has 1 amide bonds. The fourth-order valence-electron chi connectivity index (χ4n) is 5.10. The van der Waals surface area contributed by atoms with Gasteiger partial charge in [0.15, 0.2) is 0 Å². The van der Waals surface area contributed by atoms with Crippen LogP contribution in [0.4, 0.5) is 0 Å². The summed E-state index contributed by atoms with van der Waals surface area (Å²) in [6.07, 6.45) is 4.37. The zero-order valence-corrected chi connectivity index (χ0v) is 24.4. The minimum absolute atomic E-state index is 0.161. The molecule has 12 heteroatoms. The van der Waals surface area contributed by atoms with Crippen molar-refractivity contribution in [3.05, 3.63) is 71.3 Å². The van der Waals surface area contributed by atoms with Crippen molar-refractivity contribution in [1.29, 1.82) is 0 Å². The predicted octanol–water partition coefficient (Wildman–Crippen LogP) is 4.49. The molecule has 2 aliphatic rings. The van der Waals surface area contributed by atoms with E-state index in [-0.39, 0.29) is 26.0 Å². The number of hydrogen-bond acceptors (Lipinski definition) is 7. The highest BCUT2D eigenvalue weighted by Gasteiger charge is 2.34. The number of aromatic nitrogens is 2. The smallest absolute Gasteiger partial charge is 0.323 e. The van der Waals surface area contributed by atoms with Crippen LogP contribution >= 0.6 is 24.0 Å². The maximum Gasteiger partial charge on any atom is 0.323 e. The van der Waals surface area contributed by atoms with E-state index in [1.165, 1.54) is 0 Å². The molecule has 40 heavy (non-hydrogen) atoms. The molecular weight excluding hydrogens is 569 g/mol. The number of piperidine rings is 1. The molecule has 1 N–H and O–H groups in total. The van der Waals surface area contributed by atoms with Crippen molar-refractivity contribution >= 4 is 56.3 Å². The van der Waals surface area contributed by atoms with E-state index >= 15 is 0 Å². The Bertz CT molecular complexity index is 1610. The van der Waals surface area contributed by atoms with Gasteiger partial charge in [0.2, 0.25) is 10.0 Å². The summed E-state index contributed by atoms with van der Waals surface area (Å²) >= 11 is 6.27. The molecule has 0 aliphatic carbocycles. The zero-order chi connectivity index (χ0) is 28.6. The van der Waals surface area contributed by atoms with Gasteiger partial charge >= 0.3 is 5.97 Å². The fourth-order valence-corrected chi connectivity index (χ4v) is 8.07. The number of rotatable bonds is 7. The second kappa shape index (κ2) is 11.3. The maximum absolute atomic E-state index is 13.6. The summed E-state index contributed by atoms with van der Waals surface area (Å²) in [6.45, 7) is 4.56. The van der Waals surface area contributed by atoms with Gasteiger partial charge in [-0.2, -0.15) is 9.40 Å². The van der Waals surface area contributed by atoms with E-state index in [0.29, 0.717) is 29.9 Å². The largest absolute Gasteiger partial charge is 0.480 e. The Kier molecular flexibility index (Phi) is 7.96. The molecule has 3 aromatic rings. The summed E-state index contributed by atoms with van der Waals surface area (Å²) in [5, 5.41) is 13.9. The van der Waals surface area contributed by atoms with Crippen molar-refractivity contribution < 1.29 is 23.1 Å². The summed E-state index contributed by atoms with van der Waals surface area (Å²) in [7, 11) is -3.73. The first-order valence-corrected chi connectivity index (χ1v) is 15.4. The van der Waals surface area contributed by atoms with E-state index in [0.717, 1.165) is 28.8 Å². The SMILES string of the molecule is CC1CC(C)CN(S(=O)(=O)c2cccc(-c3nn(-c4ccccc4)cc3/C=C3\SC(=S)N(CC(=O)O)C3=O)c2)C1. The number of carboxylic acid groups (broad SMARTS) is 1.